The molecule has 7 nitrogen and oxygen atoms in total. The van der Waals surface area contributed by atoms with Gasteiger partial charge in [-0.1, -0.05) is 32.0 Å². The topological polar surface area (TPSA) is 63.3 Å². The molecule has 0 radical (unpaired) electrons. The van der Waals surface area contributed by atoms with E-state index in [0.29, 0.717) is 5.92 Å². The number of benzene rings is 1. The van der Waals surface area contributed by atoms with Crippen molar-refractivity contribution in [3.05, 3.63) is 61.3 Å². The van der Waals surface area contributed by atoms with Gasteiger partial charge in [0.05, 0.1) is 18.1 Å². The first-order valence-electron chi connectivity index (χ1n) is 9.74. The van der Waals surface area contributed by atoms with Crippen molar-refractivity contribution in [3.63, 3.8) is 0 Å². The molecule has 0 amide bonds. The highest BCUT2D eigenvalue weighted by molar-refractivity contribution is 5.69. The fourth-order valence-electron chi connectivity index (χ4n) is 3.01. The smallest absolute Gasteiger partial charge is 0.180 e. The highest BCUT2D eigenvalue weighted by Crippen LogP contribution is 2.22. The van der Waals surface area contributed by atoms with Crippen LogP contribution < -0.4 is 10.2 Å². The average molecular weight is 392 g/mol. The molecule has 7 heteroatoms. The lowest BCUT2D eigenvalue weighted by Gasteiger charge is -2.10. The van der Waals surface area contributed by atoms with E-state index in [4.69, 9.17) is 0 Å². The summed E-state index contributed by atoms with van der Waals surface area (Å²) in [6, 6.07) is 10.3. The summed E-state index contributed by atoms with van der Waals surface area (Å²) in [4.78, 5) is 10.8. The molecule has 4 aromatic rings. The lowest BCUT2D eigenvalue weighted by atomic mass is 10.2. The largest absolute Gasteiger partial charge is 0.378 e. The molecular formula is C22H29N7. The van der Waals surface area contributed by atoms with Crippen LogP contribution in [0.25, 0.3) is 16.9 Å². The minimum absolute atomic E-state index is 0.574. The van der Waals surface area contributed by atoms with Crippen LogP contribution in [0.3, 0.4) is 0 Å². The summed E-state index contributed by atoms with van der Waals surface area (Å²) in [7, 11) is 5.92. The average Bonchev–Trinajstić information content (AvgIpc) is 3.35. The van der Waals surface area contributed by atoms with Gasteiger partial charge in [-0.3, -0.25) is 9.08 Å². The number of nitrogens with zero attached hydrogens (tertiary/aromatic N) is 6. The minimum Gasteiger partial charge on any atom is -0.378 e. The molecule has 0 spiro atoms. The molecule has 0 atom stereocenters. The molecule has 1 aromatic carbocycles. The van der Waals surface area contributed by atoms with Crippen LogP contribution in [0.4, 0.5) is 11.5 Å². The maximum absolute atomic E-state index is 4.44. The molecule has 0 aliphatic carbocycles. The van der Waals surface area contributed by atoms with Crippen LogP contribution >= 0.6 is 0 Å². The second-order valence-corrected chi connectivity index (χ2v) is 7.44. The summed E-state index contributed by atoms with van der Waals surface area (Å²) in [5, 5.41) is 7.46. The highest BCUT2D eigenvalue weighted by Gasteiger charge is 2.11. The Kier molecular flexibility index (Phi) is 6.49. The molecule has 1 N–H and O–H groups in total. The zero-order valence-electron chi connectivity index (χ0n) is 17.7. The van der Waals surface area contributed by atoms with Gasteiger partial charge in [-0.05, 0) is 18.1 Å². The van der Waals surface area contributed by atoms with E-state index in [1.807, 2.05) is 67.0 Å². The van der Waals surface area contributed by atoms with E-state index in [0.717, 1.165) is 29.3 Å². The number of hydrogen-bond donors (Lipinski definition) is 1. The van der Waals surface area contributed by atoms with Crippen LogP contribution in [-0.4, -0.2) is 45.3 Å². The maximum Gasteiger partial charge on any atom is 0.180 e. The molecule has 0 aliphatic heterocycles. The zero-order valence-corrected chi connectivity index (χ0v) is 17.7. The third kappa shape index (κ3) is 4.93. The van der Waals surface area contributed by atoms with E-state index < -0.39 is 0 Å². The van der Waals surface area contributed by atoms with Crippen molar-refractivity contribution >= 4 is 17.2 Å². The summed E-state index contributed by atoms with van der Waals surface area (Å²) in [6.45, 7) is 5.28. The molecule has 0 saturated carbocycles. The summed E-state index contributed by atoms with van der Waals surface area (Å²) in [5.74, 6) is 1.35. The lowest BCUT2D eigenvalue weighted by Crippen LogP contribution is -2.07. The van der Waals surface area contributed by atoms with Gasteiger partial charge in [0.1, 0.15) is 0 Å². The normalized spacial score (nSPS) is 10.7. The standard InChI is InChI=1S/C14H18N6.C8H11N/c1-10(2)8-19-9-11(6-18-19)12-7-17-14-13(15-3)16-4-5-20(12)14;1-9(2)8-6-4-3-5-7-8/h4-7,9-10H,8H2,1-3H3,(H,15,16);3-7H,1-2H3. The Balaban J connectivity index is 0.000000224. The van der Waals surface area contributed by atoms with Crippen molar-refractivity contribution in [1.29, 1.82) is 0 Å². The zero-order chi connectivity index (χ0) is 20.8. The summed E-state index contributed by atoms with van der Waals surface area (Å²) >= 11 is 0. The van der Waals surface area contributed by atoms with Crippen molar-refractivity contribution in [1.82, 2.24) is 24.1 Å². The first-order valence-corrected chi connectivity index (χ1v) is 9.74. The molecule has 3 aromatic heterocycles. The Labute approximate surface area is 172 Å². The number of nitrogens with one attached hydrogen (secondary N) is 1. The Morgan fingerprint density at radius 3 is 2.45 bits per heavy atom. The predicted octanol–water partition coefficient (Wildman–Crippen LogP) is 4.04. The third-order valence-corrected chi connectivity index (χ3v) is 4.42. The van der Waals surface area contributed by atoms with E-state index in [1.54, 1.807) is 6.20 Å². The van der Waals surface area contributed by atoms with Crippen LogP contribution in [0.1, 0.15) is 13.8 Å². The van der Waals surface area contributed by atoms with Gasteiger partial charge in [0, 0.05) is 57.5 Å². The fourth-order valence-corrected chi connectivity index (χ4v) is 3.01. The van der Waals surface area contributed by atoms with Gasteiger partial charge in [0.25, 0.3) is 0 Å². The van der Waals surface area contributed by atoms with Crippen LogP contribution in [-0.2, 0) is 6.54 Å². The number of imidazole rings is 1. The van der Waals surface area contributed by atoms with E-state index in [-0.39, 0.29) is 0 Å². The summed E-state index contributed by atoms with van der Waals surface area (Å²) < 4.78 is 4.00. The number of hydrogen-bond acceptors (Lipinski definition) is 5. The molecule has 29 heavy (non-hydrogen) atoms. The van der Waals surface area contributed by atoms with Crippen LogP contribution in [0.2, 0.25) is 0 Å². The fraction of sp³-hybridized carbons (Fsp3) is 0.318. The van der Waals surface area contributed by atoms with Crippen molar-refractivity contribution in [2.45, 2.75) is 20.4 Å². The minimum atomic E-state index is 0.574. The van der Waals surface area contributed by atoms with Gasteiger partial charge in [0.2, 0.25) is 0 Å². The molecular weight excluding hydrogens is 362 g/mol. The lowest BCUT2D eigenvalue weighted by molar-refractivity contribution is 0.483. The summed E-state index contributed by atoms with van der Waals surface area (Å²) in [6.07, 6.45) is 9.48. The Morgan fingerprint density at radius 2 is 1.83 bits per heavy atom. The Bertz CT molecular complexity index is 1030. The molecule has 3 heterocycles. The van der Waals surface area contributed by atoms with Crippen molar-refractivity contribution in [2.75, 3.05) is 31.4 Å². The molecule has 0 aliphatic rings. The summed E-state index contributed by atoms with van der Waals surface area (Å²) in [5.41, 5.74) is 4.15. The monoisotopic (exact) mass is 391 g/mol. The quantitative estimate of drug-likeness (QED) is 0.556. The van der Waals surface area contributed by atoms with Gasteiger partial charge in [-0.25, -0.2) is 9.97 Å². The number of para-hydroxylation sites is 1. The van der Waals surface area contributed by atoms with Gasteiger partial charge >= 0.3 is 0 Å². The van der Waals surface area contributed by atoms with Gasteiger partial charge in [-0.2, -0.15) is 5.10 Å². The number of aromatic nitrogens is 5. The Morgan fingerprint density at radius 1 is 1.07 bits per heavy atom. The Hall–Kier alpha value is -3.35. The molecule has 0 bridgehead atoms. The first kappa shape index (κ1) is 20.4. The van der Waals surface area contributed by atoms with Gasteiger partial charge in [-0.15, -0.1) is 0 Å². The number of fused-ring (bicyclic) bond motifs is 1. The first-order chi connectivity index (χ1) is 14.0. The maximum atomic E-state index is 4.44. The van der Waals surface area contributed by atoms with E-state index >= 15 is 0 Å². The number of anilines is 2. The van der Waals surface area contributed by atoms with Crippen LogP contribution in [0.5, 0.6) is 0 Å². The molecule has 152 valence electrons. The molecule has 0 fully saturated rings. The van der Waals surface area contributed by atoms with E-state index in [2.05, 4.69) is 57.5 Å². The second-order valence-electron chi connectivity index (χ2n) is 7.44. The van der Waals surface area contributed by atoms with E-state index in [9.17, 15) is 0 Å². The van der Waals surface area contributed by atoms with E-state index in [1.165, 1.54) is 5.69 Å². The van der Waals surface area contributed by atoms with Crippen molar-refractivity contribution in [3.8, 4) is 11.3 Å². The number of rotatable bonds is 5. The highest BCUT2D eigenvalue weighted by atomic mass is 15.3. The van der Waals surface area contributed by atoms with Crippen molar-refractivity contribution < 1.29 is 0 Å². The van der Waals surface area contributed by atoms with Crippen LogP contribution in [0, 0.1) is 5.92 Å². The third-order valence-electron chi connectivity index (χ3n) is 4.42. The molecule has 0 saturated heterocycles. The second kappa shape index (κ2) is 9.23. The van der Waals surface area contributed by atoms with Crippen molar-refractivity contribution in [2.24, 2.45) is 5.92 Å². The van der Waals surface area contributed by atoms with Gasteiger partial charge < -0.3 is 10.2 Å². The molecule has 0 unspecified atom stereocenters. The SMILES string of the molecule is CN(C)c1ccccc1.CNc1nccn2c(-c3cnn(CC(C)C)c3)cnc12. The predicted molar refractivity (Wildman–Crippen MR) is 119 cm³/mol. The van der Waals surface area contributed by atoms with Gasteiger partial charge in [0.15, 0.2) is 11.5 Å². The molecule has 4 rings (SSSR count). The van der Waals surface area contributed by atoms with Crippen LogP contribution in [0.15, 0.2) is 61.3 Å².